The zero-order chi connectivity index (χ0) is 8.93. The molecule has 0 aromatic heterocycles. The largest absolute Gasteiger partial charge is 0.385 e. The molecule has 0 aromatic carbocycles. The topological polar surface area (TPSA) is 68.2 Å². The first-order valence-electron chi connectivity index (χ1n) is 3.83. The Morgan fingerprint density at radius 2 is 2.00 bits per heavy atom. The zero-order valence-electron chi connectivity index (χ0n) is 6.93. The third-order valence-electron chi connectivity index (χ3n) is 2.42. The van der Waals surface area contributed by atoms with E-state index in [1.165, 1.54) is 7.11 Å². The van der Waals surface area contributed by atoms with Crippen LogP contribution in [0.3, 0.4) is 0 Å². The van der Waals surface area contributed by atoms with Gasteiger partial charge in [0.05, 0.1) is 0 Å². The second-order valence-electron chi connectivity index (χ2n) is 3.26. The van der Waals surface area contributed by atoms with Crippen molar-refractivity contribution < 1.29 is 24.4 Å². The van der Waals surface area contributed by atoms with E-state index in [0.717, 1.165) is 0 Å². The van der Waals surface area contributed by atoms with Crippen molar-refractivity contribution in [3.63, 3.8) is 0 Å². The quantitative estimate of drug-likeness (QED) is 0.526. The highest BCUT2D eigenvalue weighted by Gasteiger charge is 2.63. The Morgan fingerprint density at radius 3 is 2.50 bits per heavy atom. The molecule has 2 bridgehead atoms. The number of aliphatic hydroxyl groups is 2. The first-order valence-corrected chi connectivity index (χ1v) is 3.83. The van der Waals surface area contributed by atoms with Crippen LogP contribution in [0.4, 0.5) is 0 Å². The second kappa shape index (κ2) is 2.40. The summed E-state index contributed by atoms with van der Waals surface area (Å²) in [5.74, 6) is -0.995. The molecule has 0 amide bonds. The Hall–Kier alpha value is -0.200. The molecule has 2 N–H and O–H groups in total. The minimum absolute atomic E-state index is 0.575. The van der Waals surface area contributed by atoms with Crippen LogP contribution in [-0.4, -0.2) is 47.7 Å². The van der Waals surface area contributed by atoms with Crippen LogP contribution in [0.2, 0.25) is 0 Å². The van der Waals surface area contributed by atoms with Gasteiger partial charge < -0.3 is 24.4 Å². The molecule has 0 radical (unpaired) electrons. The predicted octanol–water partition coefficient (Wildman–Crippen LogP) is -1.17. The van der Waals surface area contributed by atoms with Crippen LogP contribution in [0, 0.1) is 0 Å². The molecule has 2 unspecified atom stereocenters. The first-order chi connectivity index (χ1) is 5.58. The van der Waals surface area contributed by atoms with Crippen LogP contribution >= 0.6 is 0 Å². The van der Waals surface area contributed by atoms with Gasteiger partial charge in [-0.2, -0.15) is 0 Å². The Labute approximate surface area is 69.8 Å². The van der Waals surface area contributed by atoms with E-state index < -0.39 is 30.4 Å². The van der Waals surface area contributed by atoms with Crippen LogP contribution < -0.4 is 0 Å². The highest BCUT2D eigenvalue weighted by Crippen LogP contribution is 2.43. The maximum Gasteiger partial charge on any atom is 0.197 e. The van der Waals surface area contributed by atoms with Crippen LogP contribution in [0.5, 0.6) is 0 Å². The average Bonchev–Trinajstić information content (AvgIpc) is 2.07. The van der Waals surface area contributed by atoms with Crippen molar-refractivity contribution >= 4 is 0 Å². The number of rotatable bonds is 1. The molecule has 5 atom stereocenters. The van der Waals surface area contributed by atoms with Gasteiger partial charge in [0, 0.05) is 7.11 Å². The van der Waals surface area contributed by atoms with E-state index in [1.54, 1.807) is 6.92 Å². The van der Waals surface area contributed by atoms with E-state index >= 15 is 0 Å². The van der Waals surface area contributed by atoms with Gasteiger partial charge in [0.15, 0.2) is 12.1 Å². The van der Waals surface area contributed by atoms with Crippen molar-refractivity contribution in [2.75, 3.05) is 7.11 Å². The summed E-state index contributed by atoms with van der Waals surface area (Å²) in [7, 11) is 1.44. The number of methoxy groups -OCH3 is 1. The van der Waals surface area contributed by atoms with E-state index in [-0.39, 0.29) is 0 Å². The molecule has 0 aromatic rings. The Morgan fingerprint density at radius 1 is 1.33 bits per heavy atom. The van der Waals surface area contributed by atoms with Crippen LogP contribution in [0.25, 0.3) is 0 Å². The predicted molar refractivity (Wildman–Crippen MR) is 37.2 cm³/mol. The van der Waals surface area contributed by atoms with Crippen molar-refractivity contribution in [2.45, 2.75) is 37.3 Å². The molecule has 3 heterocycles. The van der Waals surface area contributed by atoms with E-state index in [0.29, 0.717) is 0 Å². The lowest BCUT2D eigenvalue weighted by Gasteiger charge is -2.57. The molecule has 12 heavy (non-hydrogen) atoms. The van der Waals surface area contributed by atoms with Gasteiger partial charge in [-0.05, 0) is 6.92 Å². The standard InChI is InChI=1S/C7H12O5/c1-7-5(9)4(11-7)3(8)6(10-2)12-7/h3-6,8-9H,1-2H3/t3?,4-,5-,6-,7?/m0/s1. The molecule has 5 nitrogen and oxygen atoms in total. The number of aliphatic hydroxyl groups excluding tert-OH is 2. The normalized spacial score (nSPS) is 58.0. The second-order valence-corrected chi connectivity index (χ2v) is 3.26. The Kier molecular flexibility index (Phi) is 1.68. The van der Waals surface area contributed by atoms with E-state index in [2.05, 4.69) is 0 Å². The number of ether oxygens (including phenoxy) is 3. The van der Waals surface area contributed by atoms with Gasteiger partial charge >= 0.3 is 0 Å². The van der Waals surface area contributed by atoms with Gasteiger partial charge in [0.25, 0.3) is 0 Å². The van der Waals surface area contributed by atoms with Crippen molar-refractivity contribution in [3.05, 3.63) is 0 Å². The summed E-state index contributed by atoms with van der Waals surface area (Å²) >= 11 is 0. The lowest BCUT2D eigenvalue weighted by molar-refractivity contribution is -0.487. The van der Waals surface area contributed by atoms with Crippen molar-refractivity contribution in [1.29, 1.82) is 0 Å². The number of hydrogen-bond donors (Lipinski definition) is 2. The summed E-state index contributed by atoms with van der Waals surface area (Å²) in [5.41, 5.74) is 0. The maximum absolute atomic E-state index is 9.43. The Bertz CT molecular complexity index is 194. The van der Waals surface area contributed by atoms with Crippen LogP contribution in [0.15, 0.2) is 0 Å². The number of fused-ring (bicyclic) bond motifs is 2. The summed E-state index contributed by atoms with van der Waals surface area (Å²) in [4.78, 5) is 0. The van der Waals surface area contributed by atoms with Crippen LogP contribution in [0.1, 0.15) is 6.92 Å². The molecular weight excluding hydrogens is 164 g/mol. The average molecular weight is 176 g/mol. The maximum atomic E-state index is 9.43. The van der Waals surface area contributed by atoms with Gasteiger partial charge in [-0.15, -0.1) is 0 Å². The van der Waals surface area contributed by atoms with E-state index in [4.69, 9.17) is 14.2 Å². The summed E-state index contributed by atoms with van der Waals surface area (Å²) in [6, 6.07) is 0. The van der Waals surface area contributed by atoms with Crippen molar-refractivity contribution in [3.8, 4) is 0 Å². The highest BCUT2D eigenvalue weighted by atomic mass is 16.8. The molecule has 0 spiro atoms. The molecule has 5 heteroatoms. The fourth-order valence-electron chi connectivity index (χ4n) is 1.63. The van der Waals surface area contributed by atoms with E-state index in [9.17, 15) is 10.2 Å². The molecule has 0 saturated carbocycles. The Balaban J connectivity index is 2.12. The molecule has 3 rings (SSSR count). The first kappa shape index (κ1) is 8.40. The molecule has 3 saturated heterocycles. The molecule has 70 valence electrons. The van der Waals surface area contributed by atoms with Gasteiger partial charge in [0.1, 0.15) is 18.3 Å². The van der Waals surface area contributed by atoms with Gasteiger partial charge in [-0.3, -0.25) is 0 Å². The SMILES string of the molecule is CO[C@H]1OC2(C)O[C@@H](C1O)[C@@H]2O. The summed E-state index contributed by atoms with van der Waals surface area (Å²) in [6.45, 7) is 1.62. The zero-order valence-corrected chi connectivity index (χ0v) is 6.93. The van der Waals surface area contributed by atoms with Crippen molar-refractivity contribution in [2.24, 2.45) is 0 Å². The fourth-order valence-corrected chi connectivity index (χ4v) is 1.63. The van der Waals surface area contributed by atoms with Gasteiger partial charge in [-0.25, -0.2) is 0 Å². The summed E-state index contributed by atoms with van der Waals surface area (Å²) < 4.78 is 15.1. The summed E-state index contributed by atoms with van der Waals surface area (Å²) in [5, 5.41) is 18.8. The lowest BCUT2D eigenvalue weighted by Crippen LogP contribution is -2.75. The molecular formula is C7H12O5. The molecule has 3 fully saturated rings. The van der Waals surface area contributed by atoms with Gasteiger partial charge in [0.2, 0.25) is 0 Å². The highest BCUT2D eigenvalue weighted by molar-refractivity contribution is 5.02. The van der Waals surface area contributed by atoms with Gasteiger partial charge in [-0.1, -0.05) is 0 Å². The van der Waals surface area contributed by atoms with E-state index in [1.807, 2.05) is 0 Å². The fraction of sp³-hybridized carbons (Fsp3) is 1.00. The third-order valence-corrected chi connectivity index (χ3v) is 2.42. The minimum Gasteiger partial charge on any atom is -0.385 e. The summed E-state index contributed by atoms with van der Waals surface area (Å²) in [6.07, 6.45) is -2.95. The lowest BCUT2D eigenvalue weighted by atomic mass is 9.90. The molecule has 3 aliphatic heterocycles. The van der Waals surface area contributed by atoms with Crippen LogP contribution in [-0.2, 0) is 14.2 Å². The third kappa shape index (κ3) is 0.855. The monoisotopic (exact) mass is 176 g/mol. The molecule has 0 aliphatic carbocycles. The smallest absolute Gasteiger partial charge is 0.197 e. The van der Waals surface area contributed by atoms with Crippen molar-refractivity contribution in [1.82, 2.24) is 0 Å². The number of hydrogen-bond acceptors (Lipinski definition) is 5. The minimum atomic E-state index is -0.995. The molecule has 3 aliphatic rings.